The van der Waals surface area contributed by atoms with E-state index in [0.29, 0.717) is 17.8 Å². The van der Waals surface area contributed by atoms with Crippen LogP contribution in [0.1, 0.15) is 68.9 Å². The van der Waals surface area contributed by atoms with E-state index in [9.17, 15) is 9.59 Å². The molecule has 3 aliphatic heterocycles. The van der Waals surface area contributed by atoms with Crippen LogP contribution >= 0.6 is 0 Å². The highest BCUT2D eigenvalue weighted by atomic mass is 16.2. The molecular formula is C26H36N4O2. The first-order chi connectivity index (χ1) is 15.5. The first kappa shape index (κ1) is 21.6. The first-order valence-corrected chi connectivity index (χ1v) is 12.5. The molecule has 2 bridgehead atoms. The summed E-state index contributed by atoms with van der Waals surface area (Å²) in [5, 5.41) is 0. The van der Waals surface area contributed by atoms with Crippen LogP contribution in [0.25, 0.3) is 0 Å². The Labute approximate surface area is 191 Å². The van der Waals surface area contributed by atoms with Crippen molar-refractivity contribution in [3.05, 3.63) is 29.3 Å². The van der Waals surface area contributed by atoms with Crippen LogP contribution in [-0.2, 0) is 9.59 Å². The Morgan fingerprint density at radius 2 is 1.69 bits per heavy atom. The van der Waals surface area contributed by atoms with Gasteiger partial charge in [0.05, 0.1) is 5.69 Å². The molecule has 6 heteroatoms. The number of para-hydroxylation sites is 1. The van der Waals surface area contributed by atoms with Crippen molar-refractivity contribution in [2.75, 3.05) is 24.5 Å². The highest BCUT2D eigenvalue weighted by Gasteiger charge is 2.37. The van der Waals surface area contributed by atoms with E-state index in [2.05, 4.69) is 6.07 Å². The predicted octanol–water partition coefficient (Wildman–Crippen LogP) is 3.64. The van der Waals surface area contributed by atoms with Gasteiger partial charge in [0, 0.05) is 30.3 Å². The summed E-state index contributed by atoms with van der Waals surface area (Å²) in [5.74, 6) is 1.32. The molecule has 6 nitrogen and oxygen atoms in total. The largest absolute Gasteiger partial charge is 0.341 e. The van der Waals surface area contributed by atoms with Gasteiger partial charge in [0.25, 0.3) is 5.91 Å². The lowest BCUT2D eigenvalue weighted by molar-refractivity contribution is -0.132. The summed E-state index contributed by atoms with van der Waals surface area (Å²) in [7, 11) is 0. The summed E-state index contributed by atoms with van der Waals surface area (Å²) in [6.45, 7) is 3.73. The molecule has 1 aromatic rings. The van der Waals surface area contributed by atoms with Crippen LogP contribution in [0, 0.1) is 24.7 Å². The molecule has 2 aliphatic carbocycles. The van der Waals surface area contributed by atoms with Gasteiger partial charge in [-0.1, -0.05) is 37.5 Å². The normalized spacial score (nSPS) is 28.8. The van der Waals surface area contributed by atoms with Crippen LogP contribution < -0.4 is 10.6 Å². The Balaban J connectivity index is 1.46. The monoisotopic (exact) mass is 436 g/mol. The second kappa shape index (κ2) is 8.97. The van der Waals surface area contributed by atoms with Gasteiger partial charge in [0.15, 0.2) is 6.17 Å². The smallest absolute Gasteiger partial charge is 0.266 e. The SMILES string of the molecule is Cc1cccc2c1N(CC(=O)N1CC3CCC(CC3)C1)C(=O)C(N)N=C2C1CCCCC1. The van der Waals surface area contributed by atoms with Gasteiger partial charge in [-0.05, 0) is 62.8 Å². The Morgan fingerprint density at radius 3 is 2.34 bits per heavy atom. The molecular weight excluding hydrogens is 400 g/mol. The van der Waals surface area contributed by atoms with Crippen LogP contribution in [0.2, 0.25) is 0 Å². The van der Waals surface area contributed by atoms with Gasteiger partial charge >= 0.3 is 0 Å². The van der Waals surface area contributed by atoms with E-state index < -0.39 is 6.17 Å². The van der Waals surface area contributed by atoms with Gasteiger partial charge in [-0.15, -0.1) is 0 Å². The highest BCUT2D eigenvalue weighted by molar-refractivity contribution is 6.15. The number of nitrogens with zero attached hydrogens (tertiary/aromatic N) is 3. The maximum absolute atomic E-state index is 13.5. The minimum Gasteiger partial charge on any atom is -0.341 e. The fourth-order valence-electron chi connectivity index (χ4n) is 6.36. The number of benzene rings is 1. The average Bonchev–Trinajstić information content (AvgIpc) is 3.19. The zero-order valence-electron chi connectivity index (χ0n) is 19.3. The molecule has 5 aliphatic rings. The van der Waals surface area contributed by atoms with Crippen molar-refractivity contribution in [1.82, 2.24) is 4.90 Å². The number of amides is 2. The lowest BCUT2D eigenvalue weighted by Gasteiger charge is -2.30. The number of nitrogens with two attached hydrogens (primary N) is 1. The molecule has 0 aromatic heterocycles. The van der Waals surface area contributed by atoms with Crippen LogP contribution in [-0.4, -0.2) is 48.2 Å². The van der Waals surface area contributed by atoms with E-state index in [1.54, 1.807) is 4.90 Å². The highest BCUT2D eigenvalue weighted by Crippen LogP contribution is 2.37. The van der Waals surface area contributed by atoms with E-state index >= 15 is 0 Å². The van der Waals surface area contributed by atoms with Gasteiger partial charge in [-0.3, -0.25) is 19.5 Å². The molecule has 2 saturated carbocycles. The van der Waals surface area contributed by atoms with Crippen molar-refractivity contribution in [2.45, 2.75) is 70.9 Å². The lowest BCUT2D eigenvalue weighted by atomic mass is 9.82. The molecule has 2 saturated heterocycles. The Kier molecular flexibility index (Phi) is 6.06. The van der Waals surface area contributed by atoms with Crippen molar-refractivity contribution >= 4 is 23.2 Å². The fourth-order valence-corrected chi connectivity index (χ4v) is 6.36. The van der Waals surface area contributed by atoms with Crippen molar-refractivity contribution in [1.29, 1.82) is 0 Å². The molecule has 1 aromatic carbocycles. The van der Waals surface area contributed by atoms with Gasteiger partial charge < -0.3 is 10.6 Å². The number of benzodiazepines with no additional fused rings is 1. The van der Waals surface area contributed by atoms with E-state index in [1.807, 2.05) is 24.0 Å². The van der Waals surface area contributed by atoms with Crippen molar-refractivity contribution in [2.24, 2.45) is 28.5 Å². The van der Waals surface area contributed by atoms with Crippen LogP contribution in [0.15, 0.2) is 23.2 Å². The molecule has 0 radical (unpaired) electrons. The van der Waals surface area contributed by atoms with Gasteiger partial charge in [0.2, 0.25) is 5.91 Å². The maximum Gasteiger partial charge on any atom is 0.266 e. The third kappa shape index (κ3) is 4.09. The molecule has 32 heavy (non-hydrogen) atoms. The number of carbonyl (C=O) groups is 2. The summed E-state index contributed by atoms with van der Waals surface area (Å²) in [6.07, 6.45) is 9.75. The molecule has 0 spiro atoms. The number of hydrogen-bond donors (Lipinski definition) is 1. The van der Waals surface area contributed by atoms with Crippen molar-refractivity contribution in [3.8, 4) is 0 Å². The average molecular weight is 437 g/mol. The topological polar surface area (TPSA) is 79.0 Å². The molecule has 6 rings (SSSR count). The van der Waals surface area contributed by atoms with Crippen LogP contribution in [0.5, 0.6) is 0 Å². The third-order valence-corrected chi connectivity index (χ3v) is 8.14. The van der Waals surface area contributed by atoms with Gasteiger partial charge in [-0.25, -0.2) is 0 Å². The zero-order valence-corrected chi connectivity index (χ0v) is 19.3. The molecule has 2 N–H and O–H groups in total. The molecule has 1 unspecified atom stereocenters. The molecule has 172 valence electrons. The number of hydrogen-bond acceptors (Lipinski definition) is 4. The summed E-state index contributed by atoms with van der Waals surface area (Å²) in [5.41, 5.74) is 10.1. The summed E-state index contributed by atoms with van der Waals surface area (Å²) in [4.78, 5) is 35.3. The molecule has 2 amide bonds. The zero-order chi connectivity index (χ0) is 22.2. The molecule has 1 atom stereocenters. The quantitative estimate of drug-likeness (QED) is 0.786. The second-order valence-electron chi connectivity index (χ2n) is 10.4. The number of anilines is 1. The predicted molar refractivity (Wildman–Crippen MR) is 127 cm³/mol. The number of fused-ring (bicyclic) bond motifs is 5. The number of carbonyl (C=O) groups excluding carboxylic acids is 2. The van der Waals surface area contributed by atoms with Crippen LogP contribution in [0.3, 0.4) is 0 Å². The van der Waals surface area contributed by atoms with E-state index in [-0.39, 0.29) is 18.4 Å². The minimum atomic E-state index is -0.952. The molecule has 3 heterocycles. The number of aryl methyl sites for hydroxylation is 1. The summed E-state index contributed by atoms with van der Waals surface area (Å²) >= 11 is 0. The third-order valence-electron chi connectivity index (χ3n) is 8.14. The molecule has 4 fully saturated rings. The van der Waals surface area contributed by atoms with Crippen molar-refractivity contribution < 1.29 is 9.59 Å². The van der Waals surface area contributed by atoms with Crippen LogP contribution in [0.4, 0.5) is 5.69 Å². The van der Waals surface area contributed by atoms with E-state index in [4.69, 9.17) is 10.7 Å². The lowest BCUT2D eigenvalue weighted by Crippen LogP contribution is -2.49. The maximum atomic E-state index is 13.5. The van der Waals surface area contributed by atoms with Crippen molar-refractivity contribution in [3.63, 3.8) is 0 Å². The Bertz CT molecular complexity index is 898. The Morgan fingerprint density at radius 1 is 1.03 bits per heavy atom. The fraction of sp³-hybridized carbons (Fsp3) is 0.654. The van der Waals surface area contributed by atoms with E-state index in [1.165, 1.54) is 44.9 Å². The minimum absolute atomic E-state index is 0.0414. The number of rotatable bonds is 3. The standard InChI is InChI=1S/C26H36N4O2/c1-17-6-5-9-21-23(20-7-3-2-4-8-20)28-25(27)26(32)30(24(17)21)16-22(31)29-14-18-10-11-19(15-29)13-12-18/h5-6,9,18-20,25H,2-4,7-8,10-16,27H2,1H3. The Hall–Kier alpha value is -2.21. The van der Waals surface area contributed by atoms with Gasteiger partial charge in [0.1, 0.15) is 6.54 Å². The van der Waals surface area contributed by atoms with E-state index in [0.717, 1.165) is 48.5 Å². The van der Waals surface area contributed by atoms with Gasteiger partial charge in [-0.2, -0.15) is 0 Å². The summed E-state index contributed by atoms with van der Waals surface area (Å²) < 4.78 is 0. The summed E-state index contributed by atoms with van der Waals surface area (Å²) in [6, 6.07) is 6.11. The second-order valence-corrected chi connectivity index (χ2v) is 10.4. The first-order valence-electron chi connectivity index (χ1n) is 12.5. The number of aliphatic imine (C=N–C) groups is 1.